The molecule has 1 heterocycles. The number of hydrogen-bond donors (Lipinski definition) is 2. The number of ether oxygens (including phenoxy) is 1. The highest BCUT2D eigenvalue weighted by molar-refractivity contribution is 5.75. The minimum absolute atomic E-state index is 0.119. The zero-order valence-corrected chi connectivity index (χ0v) is 7.13. The van der Waals surface area contributed by atoms with Crippen LogP contribution < -0.4 is 10.8 Å². The Morgan fingerprint density at radius 3 is 3.25 bits per heavy atom. The van der Waals surface area contributed by atoms with Crippen molar-refractivity contribution in [3.63, 3.8) is 0 Å². The second kappa shape index (κ2) is 5.08. The quantitative estimate of drug-likeness (QED) is 0.541. The van der Waals surface area contributed by atoms with E-state index in [0.717, 1.165) is 13.2 Å². The summed E-state index contributed by atoms with van der Waals surface area (Å²) in [5.74, 6) is -0.125. The number of hydrogen-bond acceptors (Lipinski definition) is 4. The maximum absolute atomic E-state index is 11.0. The minimum atomic E-state index is -0.125. The van der Waals surface area contributed by atoms with E-state index in [1.165, 1.54) is 7.11 Å². The van der Waals surface area contributed by atoms with Gasteiger partial charge in [0.1, 0.15) is 0 Å². The molecule has 0 spiro atoms. The molecule has 5 heteroatoms. The molecule has 0 aromatic carbocycles. The number of morpholine rings is 1. The summed E-state index contributed by atoms with van der Waals surface area (Å²) in [7, 11) is 1.42. The average molecular weight is 174 g/mol. The molecule has 1 atom stereocenters. The lowest BCUT2D eigenvalue weighted by Crippen LogP contribution is -2.44. The van der Waals surface area contributed by atoms with Crippen molar-refractivity contribution in [2.24, 2.45) is 0 Å². The molecule has 1 fully saturated rings. The number of rotatable bonds is 3. The van der Waals surface area contributed by atoms with Gasteiger partial charge in [0.15, 0.2) is 0 Å². The second-order valence-corrected chi connectivity index (χ2v) is 2.66. The SMILES string of the molecule is CONC(=O)CC1COCCN1. The van der Waals surface area contributed by atoms with Crippen LogP contribution in [-0.2, 0) is 14.4 Å². The lowest BCUT2D eigenvalue weighted by atomic mass is 10.2. The maximum Gasteiger partial charge on any atom is 0.245 e. The highest BCUT2D eigenvalue weighted by Gasteiger charge is 2.16. The molecule has 0 aromatic heterocycles. The highest BCUT2D eigenvalue weighted by Crippen LogP contribution is 1.97. The summed E-state index contributed by atoms with van der Waals surface area (Å²) in [6.45, 7) is 2.13. The number of carbonyl (C=O) groups excluding carboxylic acids is 1. The van der Waals surface area contributed by atoms with E-state index in [2.05, 4.69) is 15.6 Å². The van der Waals surface area contributed by atoms with Crippen LogP contribution in [0.5, 0.6) is 0 Å². The normalized spacial score (nSPS) is 23.6. The molecular formula is C7H14N2O3. The molecule has 1 aliphatic rings. The van der Waals surface area contributed by atoms with Gasteiger partial charge >= 0.3 is 0 Å². The minimum Gasteiger partial charge on any atom is -0.378 e. The van der Waals surface area contributed by atoms with Gasteiger partial charge in [-0.05, 0) is 0 Å². The van der Waals surface area contributed by atoms with Gasteiger partial charge in [0, 0.05) is 19.0 Å². The summed E-state index contributed by atoms with van der Waals surface area (Å²) in [6, 6.07) is 0.119. The molecule has 1 amide bonds. The Labute approximate surface area is 71.4 Å². The van der Waals surface area contributed by atoms with Crippen molar-refractivity contribution < 1.29 is 14.4 Å². The van der Waals surface area contributed by atoms with Crippen LogP contribution in [0.25, 0.3) is 0 Å². The van der Waals surface area contributed by atoms with E-state index in [4.69, 9.17) is 4.74 Å². The number of carbonyl (C=O) groups is 1. The molecule has 70 valence electrons. The first kappa shape index (κ1) is 9.44. The van der Waals surface area contributed by atoms with Gasteiger partial charge in [-0.3, -0.25) is 9.63 Å². The summed E-state index contributed by atoms with van der Waals surface area (Å²) >= 11 is 0. The van der Waals surface area contributed by atoms with E-state index in [0.29, 0.717) is 13.0 Å². The van der Waals surface area contributed by atoms with Crippen LogP contribution in [0.4, 0.5) is 0 Å². The van der Waals surface area contributed by atoms with E-state index in [1.54, 1.807) is 0 Å². The molecule has 12 heavy (non-hydrogen) atoms. The van der Waals surface area contributed by atoms with E-state index in [9.17, 15) is 4.79 Å². The lowest BCUT2D eigenvalue weighted by molar-refractivity contribution is -0.132. The molecule has 1 rings (SSSR count). The van der Waals surface area contributed by atoms with E-state index >= 15 is 0 Å². The van der Waals surface area contributed by atoms with Crippen LogP contribution in [-0.4, -0.2) is 38.8 Å². The largest absolute Gasteiger partial charge is 0.378 e. The smallest absolute Gasteiger partial charge is 0.245 e. The molecule has 0 aromatic rings. The van der Waals surface area contributed by atoms with Crippen molar-refractivity contribution in [1.82, 2.24) is 10.8 Å². The molecule has 2 N–H and O–H groups in total. The summed E-state index contributed by atoms with van der Waals surface area (Å²) in [5, 5.41) is 3.17. The van der Waals surface area contributed by atoms with Gasteiger partial charge in [-0.1, -0.05) is 0 Å². The van der Waals surface area contributed by atoms with E-state index < -0.39 is 0 Å². The fourth-order valence-electron chi connectivity index (χ4n) is 1.13. The summed E-state index contributed by atoms with van der Waals surface area (Å²) < 4.78 is 5.18. The van der Waals surface area contributed by atoms with Gasteiger partial charge in [0.25, 0.3) is 0 Å². The van der Waals surface area contributed by atoms with Crippen LogP contribution in [0.1, 0.15) is 6.42 Å². The fourth-order valence-corrected chi connectivity index (χ4v) is 1.13. The van der Waals surface area contributed by atoms with Crippen molar-refractivity contribution >= 4 is 5.91 Å². The molecule has 0 aliphatic carbocycles. The van der Waals surface area contributed by atoms with Crippen molar-refractivity contribution in [2.45, 2.75) is 12.5 Å². The summed E-state index contributed by atoms with van der Waals surface area (Å²) in [6.07, 6.45) is 0.397. The lowest BCUT2D eigenvalue weighted by Gasteiger charge is -2.22. The first-order valence-electron chi connectivity index (χ1n) is 3.96. The maximum atomic E-state index is 11.0. The van der Waals surface area contributed by atoms with Crippen molar-refractivity contribution in [3.8, 4) is 0 Å². The van der Waals surface area contributed by atoms with Crippen LogP contribution in [0.2, 0.25) is 0 Å². The molecule has 1 unspecified atom stereocenters. The van der Waals surface area contributed by atoms with Gasteiger partial charge in [-0.25, -0.2) is 5.48 Å². The zero-order chi connectivity index (χ0) is 8.81. The second-order valence-electron chi connectivity index (χ2n) is 2.66. The van der Waals surface area contributed by atoms with Gasteiger partial charge in [-0.2, -0.15) is 0 Å². The predicted molar refractivity (Wildman–Crippen MR) is 42.4 cm³/mol. The molecule has 0 bridgehead atoms. The topological polar surface area (TPSA) is 59.6 Å². The van der Waals surface area contributed by atoms with E-state index in [1.807, 2.05) is 0 Å². The molecule has 1 aliphatic heterocycles. The van der Waals surface area contributed by atoms with Crippen molar-refractivity contribution in [3.05, 3.63) is 0 Å². The van der Waals surface area contributed by atoms with Crippen LogP contribution in [0, 0.1) is 0 Å². The first-order chi connectivity index (χ1) is 5.83. The molecule has 0 radical (unpaired) electrons. The summed E-state index contributed by atoms with van der Waals surface area (Å²) in [5.41, 5.74) is 2.26. The molecule has 5 nitrogen and oxygen atoms in total. The predicted octanol–water partition coefficient (Wildman–Crippen LogP) is -0.957. The van der Waals surface area contributed by atoms with Crippen LogP contribution in [0.15, 0.2) is 0 Å². The Kier molecular flexibility index (Phi) is 3.99. The van der Waals surface area contributed by atoms with Gasteiger partial charge < -0.3 is 10.1 Å². The highest BCUT2D eigenvalue weighted by atomic mass is 16.6. The van der Waals surface area contributed by atoms with Crippen LogP contribution in [0.3, 0.4) is 0 Å². The van der Waals surface area contributed by atoms with Crippen molar-refractivity contribution in [2.75, 3.05) is 26.9 Å². The Morgan fingerprint density at radius 2 is 2.67 bits per heavy atom. The zero-order valence-electron chi connectivity index (χ0n) is 7.13. The van der Waals surface area contributed by atoms with Crippen molar-refractivity contribution in [1.29, 1.82) is 0 Å². The Morgan fingerprint density at radius 1 is 1.83 bits per heavy atom. The van der Waals surface area contributed by atoms with E-state index in [-0.39, 0.29) is 11.9 Å². The molecule has 1 saturated heterocycles. The third-order valence-corrected chi connectivity index (χ3v) is 1.65. The van der Waals surface area contributed by atoms with Gasteiger partial charge in [0.2, 0.25) is 5.91 Å². The average Bonchev–Trinajstić information content (AvgIpc) is 2.06. The van der Waals surface area contributed by atoms with Gasteiger partial charge in [-0.15, -0.1) is 0 Å². The standard InChI is InChI=1S/C7H14N2O3/c1-11-9-7(10)4-6-5-12-3-2-8-6/h6,8H,2-5H2,1H3,(H,9,10). The third-order valence-electron chi connectivity index (χ3n) is 1.65. The first-order valence-corrected chi connectivity index (χ1v) is 3.96. The number of nitrogens with one attached hydrogen (secondary N) is 2. The monoisotopic (exact) mass is 174 g/mol. The number of hydroxylamine groups is 1. The summed E-state index contributed by atoms with van der Waals surface area (Å²) in [4.78, 5) is 15.5. The fraction of sp³-hybridized carbons (Fsp3) is 0.857. The Hall–Kier alpha value is -0.650. The Balaban J connectivity index is 2.15. The molecular weight excluding hydrogens is 160 g/mol. The Bertz CT molecular complexity index is 146. The van der Waals surface area contributed by atoms with Gasteiger partial charge in [0.05, 0.1) is 20.3 Å². The third kappa shape index (κ3) is 3.17. The van der Waals surface area contributed by atoms with Crippen LogP contribution >= 0.6 is 0 Å². The molecule has 0 saturated carbocycles. The number of amides is 1.